The summed E-state index contributed by atoms with van der Waals surface area (Å²) < 4.78 is 13.3. The van der Waals surface area contributed by atoms with Gasteiger partial charge >= 0.3 is 0 Å². The molecule has 1 aliphatic rings. The molecule has 5 nitrogen and oxygen atoms in total. The topological polar surface area (TPSA) is 53.4 Å². The van der Waals surface area contributed by atoms with Crippen molar-refractivity contribution >= 4 is 11.5 Å². The van der Waals surface area contributed by atoms with Crippen LogP contribution in [0.25, 0.3) is 28.0 Å². The first-order valence-electron chi connectivity index (χ1n) is 12.1. The number of ether oxygens (including phenoxy) is 2. The molecule has 0 bridgehead atoms. The van der Waals surface area contributed by atoms with Gasteiger partial charge in [-0.1, -0.05) is 91.0 Å². The van der Waals surface area contributed by atoms with E-state index in [2.05, 4.69) is 12.1 Å². The van der Waals surface area contributed by atoms with Crippen molar-refractivity contribution < 1.29 is 14.3 Å². The van der Waals surface area contributed by atoms with Crippen LogP contribution in [0, 0.1) is 0 Å². The molecule has 0 unspecified atom stereocenters. The van der Waals surface area contributed by atoms with Crippen LogP contribution < -0.4 is 9.47 Å². The maximum atomic E-state index is 14.1. The van der Waals surface area contributed by atoms with Crippen molar-refractivity contribution in [2.24, 2.45) is 0 Å². The lowest BCUT2D eigenvalue weighted by molar-refractivity contribution is 0.0954. The Balaban J connectivity index is 1.56. The van der Waals surface area contributed by atoms with E-state index < -0.39 is 0 Å². The van der Waals surface area contributed by atoms with Crippen LogP contribution in [-0.2, 0) is 6.42 Å². The van der Waals surface area contributed by atoms with E-state index in [1.54, 1.807) is 11.8 Å². The van der Waals surface area contributed by atoms with Crippen LogP contribution in [0.15, 0.2) is 121 Å². The molecule has 5 aromatic rings. The van der Waals surface area contributed by atoms with Crippen LogP contribution in [0.2, 0.25) is 0 Å². The number of para-hydroxylation sites is 1. The Labute approximate surface area is 215 Å². The molecular weight excluding hydrogens is 460 g/mol. The van der Waals surface area contributed by atoms with Crippen molar-refractivity contribution in [2.45, 2.75) is 6.42 Å². The Morgan fingerprint density at radius 2 is 1.27 bits per heavy atom. The molecule has 0 saturated carbocycles. The third-order valence-electron chi connectivity index (χ3n) is 6.47. The highest BCUT2D eigenvalue weighted by Gasteiger charge is 2.34. The van der Waals surface area contributed by atoms with E-state index in [4.69, 9.17) is 14.6 Å². The Morgan fingerprint density at radius 1 is 0.676 bits per heavy atom. The van der Waals surface area contributed by atoms with Gasteiger partial charge in [0.15, 0.2) is 0 Å². The number of nitrogens with zero attached hydrogens (tertiary/aromatic N) is 2. The van der Waals surface area contributed by atoms with Crippen LogP contribution in [0.4, 0.5) is 0 Å². The fourth-order valence-electron chi connectivity index (χ4n) is 4.72. The summed E-state index contributed by atoms with van der Waals surface area (Å²) in [6.07, 6.45) is 0.409. The summed E-state index contributed by atoms with van der Waals surface area (Å²) in [5.41, 5.74) is 5.70. The summed E-state index contributed by atoms with van der Waals surface area (Å²) in [5, 5.41) is 4.88. The van der Waals surface area contributed by atoms with Gasteiger partial charge in [-0.2, -0.15) is 9.78 Å². The van der Waals surface area contributed by atoms with Gasteiger partial charge in [-0.3, -0.25) is 4.79 Å². The molecule has 0 N–H and O–H groups in total. The van der Waals surface area contributed by atoms with Gasteiger partial charge in [0.2, 0.25) is 0 Å². The predicted molar refractivity (Wildman–Crippen MR) is 144 cm³/mol. The average Bonchev–Trinajstić information content (AvgIpc) is 3.35. The zero-order chi connectivity index (χ0) is 25.2. The molecule has 0 spiro atoms. The molecule has 5 heteroatoms. The molecule has 0 radical (unpaired) electrons. The van der Waals surface area contributed by atoms with Crippen LogP contribution >= 0.6 is 0 Å². The average molecular weight is 485 g/mol. The number of aromatic nitrogens is 2. The lowest BCUT2D eigenvalue weighted by atomic mass is 9.93. The Kier molecular flexibility index (Phi) is 5.87. The standard InChI is InChI=1S/C32H24N2O3/c1-36-25-19-17-23(18-20-25)30-28(37-26-15-9-4-10-16-26)21-27-29(22-11-5-2-6-12-22)31(33-34(27)32(30)35)24-13-7-3-8-14-24/h2-20H,21H2,1H3. The molecule has 37 heavy (non-hydrogen) atoms. The fraction of sp³-hybridized carbons (Fsp3) is 0.0625. The first-order valence-corrected chi connectivity index (χ1v) is 12.1. The molecule has 1 aliphatic heterocycles. The van der Waals surface area contributed by atoms with E-state index in [9.17, 15) is 4.79 Å². The maximum Gasteiger partial charge on any atom is 0.282 e. The van der Waals surface area contributed by atoms with Gasteiger partial charge in [0.1, 0.15) is 23.0 Å². The quantitative estimate of drug-likeness (QED) is 0.263. The lowest BCUT2D eigenvalue weighted by Crippen LogP contribution is -2.26. The molecule has 1 aromatic heterocycles. The second-order valence-corrected chi connectivity index (χ2v) is 8.74. The van der Waals surface area contributed by atoms with Crippen molar-refractivity contribution in [1.82, 2.24) is 9.78 Å². The van der Waals surface area contributed by atoms with Crippen molar-refractivity contribution in [2.75, 3.05) is 7.11 Å². The van der Waals surface area contributed by atoms with E-state index in [0.717, 1.165) is 39.4 Å². The SMILES string of the molecule is COc1ccc(C2=C(Oc3ccccc3)Cc3c(-c4ccccc4)c(-c4ccccc4)nn3C2=O)cc1. The van der Waals surface area contributed by atoms with E-state index >= 15 is 0 Å². The number of hydrogen-bond acceptors (Lipinski definition) is 4. The Hall–Kier alpha value is -4.90. The van der Waals surface area contributed by atoms with E-state index in [0.29, 0.717) is 23.5 Å². The first-order chi connectivity index (χ1) is 18.2. The van der Waals surface area contributed by atoms with Crippen molar-refractivity contribution in [1.29, 1.82) is 0 Å². The molecule has 0 fully saturated rings. The molecule has 0 atom stereocenters. The number of hydrogen-bond donors (Lipinski definition) is 0. The third-order valence-corrected chi connectivity index (χ3v) is 6.47. The second-order valence-electron chi connectivity index (χ2n) is 8.74. The third kappa shape index (κ3) is 4.21. The number of benzene rings is 4. The van der Waals surface area contributed by atoms with Crippen LogP contribution in [-0.4, -0.2) is 22.8 Å². The van der Waals surface area contributed by atoms with Gasteiger partial charge in [-0.05, 0) is 35.4 Å². The zero-order valence-corrected chi connectivity index (χ0v) is 20.3. The Morgan fingerprint density at radius 3 is 1.89 bits per heavy atom. The smallest absolute Gasteiger partial charge is 0.282 e. The molecule has 0 amide bonds. The van der Waals surface area contributed by atoms with Crippen molar-refractivity contribution in [3.05, 3.63) is 132 Å². The van der Waals surface area contributed by atoms with Gasteiger partial charge in [-0.25, -0.2) is 0 Å². The second kappa shape index (κ2) is 9.63. The summed E-state index contributed by atoms with van der Waals surface area (Å²) >= 11 is 0. The minimum atomic E-state index is -0.225. The normalized spacial score (nSPS) is 12.8. The largest absolute Gasteiger partial charge is 0.497 e. The van der Waals surface area contributed by atoms with Crippen LogP contribution in [0.5, 0.6) is 11.5 Å². The first kappa shape index (κ1) is 22.6. The number of methoxy groups -OCH3 is 1. The highest BCUT2D eigenvalue weighted by atomic mass is 16.5. The summed E-state index contributed by atoms with van der Waals surface area (Å²) in [5.74, 6) is 1.76. The molecule has 4 aromatic carbocycles. The monoisotopic (exact) mass is 484 g/mol. The summed E-state index contributed by atoms with van der Waals surface area (Å²) in [6.45, 7) is 0. The maximum absolute atomic E-state index is 14.1. The van der Waals surface area contributed by atoms with E-state index in [-0.39, 0.29) is 5.91 Å². The summed E-state index contributed by atoms with van der Waals surface area (Å²) in [7, 11) is 1.62. The minimum absolute atomic E-state index is 0.225. The predicted octanol–water partition coefficient (Wildman–Crippen LogP) is 6.91. The fourth-order valence-corrected chi connectivity index (χ4v) is 4.72. The van der Waals surface area contributed by atoms with E-state index in [1.165, 1.54) is 0 Å². The molecule has 6 rings (SSSR count). The molecule has 0 aliphatic carbocycles. The Bertz CT molecular complexity index is 1590. The minimum Gasteiger partial charge on any atom is -0.497 e. The van der Waals surface area contributed by atoms with Gasteiger partial charge in [-0.15, -0.1) is 0 Å². The van der Waals surface area contributed by atoms with E-state index in [1.807, 2.05) is 103 Å². The molecule has 0 saturated heterocycles. The van der Waals surface area contributed by atoms with Gasteiger partial charge < -0.3 is 9.47 Å². The lowest BCUT2D eigenvalue weighted by Gasteiger charge is -2.22. The highest BCUT2D eigenvalue weighted by Crippen LogP contribution is 2.40. The summed E-state index contributed by atoms with van der Waals surface area (Å²) in [4.78, 5) is 14.1. The van der Waals surface area contributed by atoms with Crippen molar-refractivity contribution in [3.63, 3.8) is 0 Å². The van der Waals surface area contributed by atoms with Gasteiger partial charge in [0.25, 0.3) is 5.91 Å². The number of fused-ring (bicyclic) bond motifs is 1. The van der Waals surface area contributed by atoms with Crippen LogP contribution in [0.1, 0.15) is 16.1 Å². The molecule has 2 heterocycles. The van der Waals surface area contributed by atoms with Gasteiger partial charge in [0, 0.05) is 17.5 Å². The number of rotatable bonds is 6. The number of allylic oxidation sites excluding steroid dienone is 2. The molecular formula is C32H24N2O3. The van der Waals surface area contributed by atoms with Crippen LogP contribution in [0.3, 0.4) is 0 Å². The summed E-state index contributed by atoms with van der Waals surface area (Å²) in [6, 6.07) is 37.1. The number of carbonyl (C=O) groups excluding carboxylic acids is 1. The number of carbonyl (C=O) groups is 1. The highest BCUT2D eigenvalue weighted by molar-refractivity contribution is 6.22. The molecule has 180 valence electrons. The zero-order valence-electron chi connectivity index (χ0n) is 20.3. The van der Waals surface area contributed by atoms with Gasteiger partial charge in [0.05, 0.1) is 18.4 Å². The van der Waals surface area contributed by atoms with Crippen molar-refractivity contribution in [3.8, 4) is 33.9 Å².